The van der Waals surface area contributed by atoms with Crippen LogP contribution in [0.4, 0.5) is 0 Å². The van der Waals surface area contributed by atoms with E-state index in [2.05, 4.69) is 37.9 Å². The molecule has 4 heterocycles. The van der Waals surface area contributed by atoms with Crippen molar-refractivity contribution in [3.8, 4) is 22.9 Å². The molecule has 3 aromatic heterocycles. The third-order valence-electron chi connectivity index (χ3n) is 7.36. The number of pyridine rings is 1. The van der Waals surface area contributed by atoms with E-state index in [1.165, 1.54) is 0 Å². The highest BCUT2D eigenvalue weighted by Crippen LogP contribution is 2.34. The van der Waals surface area contributed by atoms with Gasteiger partial charge in [-0.05, 0) is 58.4 Å². The third-order valence-corrected chi connectivity index (χ3v) is 7.36. The minimum Gasteiger partial charge on any atom is -0.497 e. The van der Waals surface area contributed by atoms with E-state index in [1.54, 1.807) is 11.8 Å². The molecule has 9 nitrogen and oxygen atoms in total. The lowest BCUT2D eigenvalue weighted by atomic mass is 10.0. The first-order chi connectivity index (χ1) is 18.0. The summed E-state index contributed by atoms with van der Waals surface area (Å²) < 4.78 is 15.5. The molecule has 1 fully saturated rings. The molecule has 0 N–H and O–H groups in total. The molecule has 5 rings (SSSR count). The first-order valence-corrected chi connectivity index (χ1v) is 13.0. The van der Waals surface area contributed by atoms with E-state index in [4.69, 9.17) is 14.5 Å². The van der Waals surface area contributed by atoms with Crippen molar-refractivity contribution < 1.29 is 14.3 Å². The number of aromatic nitrogens is 5. The lowest BCUT2D eigenvalue weighted by molar-refractivity contribution is -0.129. The normalized spacial score (nSPS) is 17.7. The first-order valence-electron chi connectivity index (χ1n) is 13.0. The van der Waals surface area contributed by atoms with Crippen LogP contribution in [0, 0.1) is 5.92 Å². The van der Waals surface area contributed by atoms with Crippen LogP contribution in [-0.4, -0.2) is 55.1 Å². The van der Waals surface area contributed by atoms with Crippen LogP contribution >= 0.6 is 0 Å². The fraction of sp³-hybridized carbons (Fsp3) is 0.448. The predicted octanol–water partition coefficient (Wildman–Crippen LogP) is 4.97. The van der Waals surface area contributed by atoms with Gasteiger partial charge in [-0.3, -0.25) is 14.2 Å². The van der Waals surface area contributed by atoms with E-state index >= 15 is 0 Å². The van der Waals surface area contributed by atoms with E-state index in [1.807, 2.05) is 72.5 Å². The molecule has 9 heteroatoms. The summed E-state index contributed by atoms with van der Waals surface area (Å²) in [5, 5.41) is 9.99. The Morgan fingerprint density at radius 2 is 1.84 bits per heavy atom. The molecular formula is C29H36N6O3. The molecule has 0 bridgehead atoms. The quantitative estimate of drug-likeness (QED) is 0.345. The van der Waals surface area contributed by atoms with Crippen molar-refractivity contribution in [1.29, 1.82) is 0 Å². The molecule has 38 heavy (non-hydrogen) atoms. The molecule has 0 aliphatic carbocycles. The number of amides is 1. The van der Waals surface area contributed by atoms with Crippen LogP contribution in [0.2, 0.25) is 0 Å². The zero-order chi connectivity index (χ0) is 27.2. The number of nitrogens with zero attached hydrogens (tertiary/aromatic N) is 6. The number of fused-ring (bicyclic) bond motifs is 1. The second kappa shape index (κ2) is 9.78. The van der Waals surface area contributed by atoms with Crippen molar-refractivity contribution >= 4 is 16.8 Å². The Morgan fingerprint density at radius 3 is 2.50 bits per heavy atom. The number of carbonyl (C=O) groups is 1. The van der Waals surface area contributed by atoms with Crippen molar-refractivity contribution in [2.45, 2.75) is 58.7 Å². The highest BCUT2D eigenvalue weighted by atomic mass is 16.5. The molecule has 3 atom stereocenters. The maximum absolute atomic E-state index is 13.0. The number of hydrogen-bond donors (Lipinski definition) is 0. The molecule has 1 aliphatic heterocycles. The number of ether oxygens (including phenoxy) is 2. The van der Waals surface area contributed by atoms with Crippen LogP contribution in [0.3, 0.4) is 0 Å². The summed E-state index contributed by atoms with van der Waals surface area (Å²) in [7, 11) is 3.54. The SMILES string of the molecule is COc1ccc([C@H](C)N2C[C@H]([C@@H](C)Oc3nc(-c4cnn(C(C)(C)C)c4)cc4nn(C)cc34)CC2=O)cc1. The van der Waals surface area contributed by atoms with Crippen LogP contribution in [-0.2, 0) is 17.4 Å². The zero-order valence-corrected chi connectivity index (χ0v) is 23.2. The highest BCUT2D eigenvalue weighted by Gasteiger charge is 2.37. The van der Waals surface area contributed by atoms with E-state index in [9.17, 15) is 4.79 Å². The van der Waals surface area contributed by atoms with Gasteiger partial charge >= 0.3 is 0 Å². The number of rotatable bonds is 7. The Hall–Kier alpha value is -3.88. The average molecular weight is 517 g/mol. The molecule has 1 amide bonds. The average Bonchev–Trinajstić information content (AvgIpc) is 3.61. The minimum atomic E-state index is -0.213. The fourth-order valence-electron chi connectivity index (χ4n) is 4.95. The monoisotopic (exact) mass is 516 g/mol. The summed E-state index contributed by atoms with van der Waals surface area (Å²) in [5.74, 6) is 1.51. The second-order valence-electron chi connectivity index (χ2n) is 11.2. The summed E-state index contributed by atoms with van der Waals surface area (Å²) >= 11 is 0. The van der Waals surface area contributed by atoms with Crippen LogP contribution in [0.5, 0.6) is 11.6 Å². The predicted molar refractivity (Wildman–Crippen MR) is 146 cm³/mol. The van der Waals surface area contributed by atoms with Gasteiger partial charge in [-0.15, -0.1) is 0 Å². The number of likely N-dealkylation sites (tertiary alicyclic amines) is 1. The maximum atomic E-state index is 13.0. The summed E-state index contributed by atoms with van der Waals surface area (Å²) in [5.41, 5.74) is 3.41. The van der Waals surface area contributed by atoms with Crippen LogP contribution in [0.1, 0.15) is 52.6 Å². The summed E-state index contributed by atoms with van der Waals surface area (Å²) in [6.45, 7) is 11.0. The lowest BCUT2D eigenvalue weighted by Crippen LogP contribution is -2.31. The summed E-state index contributed by atoms with van der Waals surface area (Å²) in [4.78, 5) is 19.9. The first kappa shape index (κ1) is 25.8. The zero-order valence-electron chi connectivity index (χ0n) is 23.2. The van der Waals surface area contributed by atoms with Gasteiger partial charge in [0.1, 0.15) is 11.9 Å². The van der Waals surface area contributed by atoms with E-state index in [-0.39, 0.29) is 29.5 Å². The standard InChI is InChI=1S/C29H36N6O3/c1-18(20-8-10-23(37-7)11-9-20)34-15-21(12-27(34)36)19(2)38-28-24-17-33(6)32-26(24)13-25(31-28)22-14-30-35(16-22)29(3,4)5/h8-11,13-14,16-19,21H,12,15H2,1-7H3/t18-,19+,21+/m0/s1. The van der Waals surface area contributed by atoms with Gasteiger partial charge < -0.3 is 14.4 Å². The summed E-state index contributed by atoms with van der Waals surface area (Å²) in [6.07, 6.45) is 5.97. The Balaban J connectivity index is 1.37. The molecule has 0 radical (unpaired) electrons. The van der Waals surface area contributed by atoms with Gasteiger partial charge in [-0.1, -0.05) is 12.1 Å². The molecule has 0 spiro atoms. The largest absolute Gasteiger partial charge is 0.497 e. The van der Waals surface area contributed by atoms with Gasteiger partial charge in [0.05, 0.1) is 41.5 Å². The van der Waals surface area contributed by atoms with Crippen LogP contribution in [0.15, 0.2) is 48.9 Å². The fourth-order valence-corrected chi connectivity index (χ4v) is 4.95. The smallest absolute Gasteiger partial charge is 0.225 e. The highest BCUT2D eigenvalue weighted by molar-refractivity contribution is 5.86. The van der Waals surface area contributed by atoms with Gasteiger partial charge in [0.2, 0.25) is 11.8 Å². The number of carbonyl (C=O) groups excluding carboxylic acids is 1. The Morgan fingerprint density at radius 1 is 1.11 bits per heavy atom. The second-order valence-corrected chi connectivity index (χ2v) is 11.2. The van der Waals surface area contributed by atoms with Crippen LogP contribution < -0.4 is 9.47 Å². The van der Waals surface area contributed by atoms with Crippen molar-refractivity contribution in [2.24, 2.45) is 13.0 Å². The van der Waals surface area contributed by atoms with Crippen molar-refractivity contribution in [2.75, 3.05) is 13.7 Å². The molecule has 0 unspecified atom stereocenters. The van der Waals surface area contributed by atoms with Gasteiger partial charge in [0.15, 0.2) is 0 Å². The van der Waals surface area contributed by atoms with Gasteiger partial charge in [0.25, 0.3) is 0 Å². The van der Waals surface area contributed by atoms with Crippen molar-refractivity contribution in [1.82, 2.24) is 29.4 Å². The third kappa shape index (κ3) is 4.97. The number of methoxy groups -OCH3 is 1. The molecule has 200 valence electrons. The molecule has 4 aromatic rings. The number of aryl methyl sites for hydroxylation is 1. The molecule has 1 aromatic carbocycles. The maximum Gasteiger partial charge on any atom is 0.225 e. The van der Waals surface area contributed by atoms with Crippen molar-refractivity contribution in [3.05, 3.63) is 54.5 Å². The van der Waals surface area contributed by atoms with Gasteiger partial charge in [0, 0.05) is 43.9 Å². The Kier molecular flexibility index (Phi) is 6.63. The Labute approximate surface area is 223 Å². The molecule has 1 aliphatic rings. The minimum absolute atomic E-state index is 0.0311. The molecule has 1 saturated heterocycles. The number of hydrogen-bond acceptors (Lipinski definition) is 6. The van der Waals surface area contributed by atoms with E-state index in [0.29, 0.717) is 18.8 Å². The van der Waals surface area contributed by atoms with Crippen molar-refractivity contribution in [3.63, 3.8) is 0 Å². The van der Waals surface area contributed by atoms with Gasteiger partial charge in [-0.2, -0.15) is 10.2 Å². The topological polar surface area (TPSA) is 87.3 Å². The van der Waals surface area contributed by atoms with E-state index < -0.39 is 0 Å². The summed E-state index contributed by atoms with van der Waals surface area (Å²) in [6, 6.07) is 9.82. The Bertz CT molecular complexity index is 1450. The van der Waals surface area contributed by atoms with E-state index in [0.717, 1.165) is 33.5 Å². The molecular weight excluding hydrogens is 480 g/mol. The van der Waals surface area contributed by atoms with Gasteiger partial charge in [-0.25, -0.2) is 4.98 Å². The van der Waals surface area contributed by atoms with Crippen LogP contribution in [0.25, 0.3) is 22.2 Å². The lowest BCUT2D eigenvalue weighted by Gasteiger charge is -2.26. The number of benzene rings is 1. The molecule has 0 saturated carbocycles.